The van der Waals surface area contributed by atoms with E-state index in [1.165, 1.54) is 0 Å². The Morgan fingerprint density at radius 2 is 2.00 bits per heavy atom. The van der Waals surface area contributed by atoms with Gasteiger partial charge in [-0.05, 0) is 41.6 Å². The molecular weight excluding hydrogens is 379 g/mol. The Morgan fingerprint density at radius 1 is 1.32 bits per heavy atom. The third-order valence-electron chi connectivity index (χ3n) is 2.47. The van der Waals surface area contributed by atoms with Gasteiger partial charge in [-0.3, -0.25) is 8.86 Å². The maximum Gasteiger partial charge on any atom is 0.297 e. The van der Waals surface area contributed by atoms with Crippen LogP contribution in [0.4, 0.5) is 0 Å². The first-order chi connectivity index (χ1) is 8.97. The molecule has 0 atom stereocenters. The zero-order valence-electron chi connectivity index (χ0n) is 10.3. The van der Waals surface area contributed by atoms with Gasteiger partial charge in [0.25, 0.3) is 10.1 Å². The summed E-state index contributed by atoms with van der Waals surface area (Å²) in [6, 6.07) is 6.57. The first-order valence-electron chi connectivity index (χ1n) is 5.61. The van der Waals surface area contributed by atoms with Crippen molar-refractivity contribution in [2.75, 3.05) is 6.61 Å². The van der Waals surface area contributed by atoms with E-state index in [9.17, 15) is 8.42 Å². The summed E-state index contributed by atoms with van der Waals surface area (Å²) in [6.07, 6.45) is 3.53. The van der Waals surface area contributed by atoms with Crippen LogP contribution in [0.25, 0.3) is 0 Å². The number of hydrogen-bond acceptors (Lipinski definition) is 4. The molecule has 0 aliphatic rings. The highest BCUT2D eigenvalue weighted by Crippen LogP contribution is 2.13. The molecule has 1 aromatic heterocycles. The molecule has 0 amide bonds. The van der Waals surface area contributed by atoms with Gasteiger partial charge < -0.3 is 0 Å². The van der Waals surface area contributed by atoms with E-state index in [1.807, 2.05) is 13.1 Å². The van der Waals surface area contributed by atoms with Gasteiger partial charge in [-0.25, -0.2) is 0 Å². The second-order valence-electron chi connectivity index (χ2n) is 4.01. The summed E-state index contributed by atoms with van der Waals surface area (Å²) in [5.74, 6) is 0. The van der Waals surface area contributed by atoms with Crippen molar-refractivity contribution in [3.63, 3.8) is 0 Å². The summed E-state index contributed by atoms with van der Waals surface area (Å²) in [5, 5.41) is 4.05. The predicted octanol–water partition coefficient (Wildman–Crippen LogP) is 2.20. The minimum Gasteiger partial charge on any atom is -0.269 e. The maximum atomic E-state index is 11.9. The van der Waals surface area contributed by atoms with E-state index < -0.39 is 10.1 Å². The van der Waals surface area contributed by atoms with Gasteiger partial charge in [0.05, 0.1) is 27.8 Å². The van der Waals surface area contributed by atoms with E-state index in [0.717, 1.165) is 9.13 Å². The fourth-order valence-corrected chi connectivity index (χ4v) is 2.82. The molecule has 2 aromatic rings. The molecule has 19 heavy (non-hydrogen) atoms. The van der Waals surface area contributed by atoms with Crippen molar-refractivity contribution in [1.82, 2.24) is 9.78 Å². The van der Waals surface area contributed by atoms with E-state index in [1.54, 1.807) is 35.1 Å². The van der Waals surface area contributed by atoms with Crippen molar-refractivity contribution in [3.05, 3.63) is 45.8 Å². The van der Waals surface area contributed by atoms with Crippen molar-refractivity contribution in [2.45, 2.75) is 18.4 Å². The molecule has 0 spiro atoms. The number of halogens is 1. The van der Waals surface area contributed by atoms with E-state index >= 15 is 0 Å². The lowest BCUT2D eigenvalue weighted by Crippen LogP contribution is -2.12. The van der Waals surface area contributed by atoms with Gasteiger partial charge in [-0.2, -0.15) is 13.5 Å². The highest BCUT2D eigenvalue weighted by molar-refractivity contribution is 14.1. The minimum absolute atomic E-state index is 0.0635. The van der Waals surface area contributed by atoms with E-state index in [2.05, 4.69) is 27.7 Å². The van der Waals surface area contributed by atoms with Crippen LogP contribution in [0.2, 0.25) is 0 Å². The zero-order valence-corrected chi connectivity index (χ0v) is 13.3. The van der Waals surface area contributed by atoms with E-state index in [-0.39, 0.29) is 11.5 Å². The smallest absolute Gasteiger partial charge is 0.269 e. The summed E-state index contributed by atoms with van der Waals surface area (Å²) < 4.78 is 31.4. The van der Waals surface area contributed by atoms with E-state index in [4.69, 9.17) is 4.18 Å². The number of hydrogen-bond donors (Lipinski definition) is 0. The van der Waals surface area contributed by atoms with Crippen LogP contribution in [-0.2, 0) is 20.8 Å². The average molecular weight is 392 g/mol. The summed E-state index contributed by atoms with van der Waals surface area (Å²) in [6.45, 7) is 2.36. The highest BCUT2D eigenvalue weighted by atomic mass is 127. The molecule has 1 heterocycles. The molecule has 0 N–H and O–H groups in total. The fraction of sp³-hybridized carbons (Fsp3) is 0.250. The summed E-state index contributed by atoms with van der Waals surface area (Å²) >= 11 is 2.14. The molecule has 0 bridgehead atoms. The van der Waals surface area contributed by atoms with Gasteiger partial charge in [0.15, 0.2) is 0 Å². The standard InChI is InChI=1S/C12H13IN2O3S/c1-10-2-4-12(5-3-10)19(16,17)18-7-6-15-9-11(13)8-14-15/h2-5,8-9H,6-7H2,1H3. The Hall–Kier alpha value is -0.930. The topological polar surface area (TPSA) is 61.2 Å². The van der Waals surface area contributed by atoms with Gasteiger partial charge >= 0.3 is 0 Å². The molecule has 0 aliphatic carbocycles. The minimum atomic E-state index is -3.68. The Morgan fingerprint density at radius 3 is 2.58 bits per heavy atom. The van der Waals surface area contributed by atoms with Crippen molar-refractivity contribution in [3.8, 4) is 0 Å². The number of nitrogens with zero attached hydrogens (tertiary/aromatic N) is 2. The summed E-state index contributed by atoms with van der Waals surface area (Å²) in [5.41, 5.74) is 1.00. The van der Waals surface area contributed by atoms with Gasteiger partial charge in [0.2, 0.25) is 0 Å². The van der Waals surface area contributed by atoms with Crippen LogP contribution in [-0.4, -0.2) is 24.8 Å². The monoisotopic (exact) mass is 392 g/mol. The molecule has 0 radical (unpaired) electrons. The summed E-state index contributed by atoms with van der Waals surface area (Å²) in [4.78, 5) is 0.174. The lowest BCUT2D eigenvalue weighted by Gasteiger charge is -2.06. The molecule has 0 aliphatic heterocycles. The number of aromatic nitrogens is 2. The normalized spacial score (nSPS) is 11.7. The molecular formula is C12H13IN2O3S. The summed E-state index contributed by atoms with van der Waals surface area (Å²) in [7, 11) is -3.68. The average Bonchev–Trinajstić information content (AvgIpc) is 2.75. The van der Waals surface area contributed by atoms with Gasteiger partial charge in [0, 0.05) is 6.20 Å². The number of rotatable bonds is 5. The van der Waals surface area contributed by atoms with Crippen LogP contribution in [0.5, 0.6) is 0 Å². The molecule has 0 saturated heterocycles. The molecule has 7 heteroatoms. The number of aryl methyl sites for hydroxylation is 1. The largest absolute Gasteiger partial charge is 0.297 e. The van der Waals surface area contributed by atoms with Crippen LogP contribution >= 0.6 is 22.6 Å². The second-order valence-corrected chi connectivity index (χ2v) is 6.87. The lowest BCUT2D eigenvalue weighted by molar-refractivity contribution is 0.294. The van der Waals surface area contributed by atoms with Crippen LogP contribution in [0.15, 0.2) is 41.6 Å². The third kappa shape index (κ3) is 4.02. The second kappa shape index (κ2) is 6.02. The molecule has 5 nitrogen and oxygen atoms in total. The quantitative estimate of drug-likeness (QED) is 0.578. The molecule has 0 saturated carbocycles. The zero-order chi connectivity index (χ0) is 13.9. The molecule has 0 unspecified atom stereocenters. The van der Waals surface area contributed by atoms with Crippen molar-refractivity contribution in [2.24, 2.45) is 0 Å². The van der Waals surface area contributed by atoms with Crippen LogP contribution < -0.4 is 0 Å². The Labute approximate surface area is 125 Å². The lowest BCUT2D eigenvalue weighted by atomic mass is 10.2. The van der Waals surface area contributed by atoms with Crippen molar-refractivity contribution in [1.29, 1.82) is 0 Å². The highest BCUT2D eigenvalue weighted by Gasteiger charge is 2.14. The molecule has 2 rings (SSSR count). The van der Waals surface area contributed by atoms with Crippen molar-refractivity contribution >= 4 is 32.7 Å². The van der Waals surface area contributed by atoms with Gasteiger partial charge in [0.1, 0.15) is 0 Å². The first-order valence-corrected chi connectivity index (χ1v) is 8.10. The molecule has 0 fully saturated rings. The van der Waals surface area contributed by atoms with Crippen LogP contribution in [0.3, 0.4) is 0 Å². The Bertz CT molecular complexity index is 650. The maximum absolute atomic E-state index is 11.9. The third-order valence-corrected chi connectivity index (χ3v) is 4.35. The molecule has 1 aromatic carbocycles. The SMILES string of the molecule is Cc1ccc(S(=O)(=O)OCCn2cc(I)cn2)cc1. The van der Waals surface area contributed by atoms with Gasteiger partial charge in [-0.1, -0.05) is 17.7 Å². The first kappa shape index (κ1) is 14.5. The fourth-order valence-electron chi connectivity index (χ4n) is 1.47. The Kier molecular flexibility index (Phi) is 4.58. The van der Waals surface area contributed by atoms with Crippen molar-refractivity contribution < 1.29 is 12.6 Å². The van der Waals surface area contributed by atoms with Crippen LogP contribution in [0, 0.1) is 10.5 Å². The van der Waals surface area contributed by atoms with E-state index in [0.29, 0.717) is 6.54 Å². The Balaban J connectivity index is 1.96. The predicted molar refractivity (Wildman–Crippen MR) is 79.3 cm³/mol. The van der Waals surface area contributed by atoms with Crippen LogP contribution in [0.1, 0.15) is 5.56 Å². The number of benzene rings is 1. The molecule has 102 valence electrons. The van der Waals surface area contributed by atoms with Gasteiger partial charge in [-0.15, -0.1) is 0 Å².